The Morgan fingerprint density at radius 3 is 2.08 bits per heavy atom. The lowest BCUT2D eigenvalue weighted by Gasteiger charge is -2.25. The highest BCUT2D eigenvalue weighted by molar-refractivity contribution is 7.90. The van der Waals surface area contributed by atoms with Gasteiger partial charge in [0.15, 0.2) is 0 Å². The van der Waals surface area contributed by atoms with Crippen molar-refractivity contribution in [1.29, 1.82) is 0 Å². The van der Waals surface area contributed by atoms with Crippen LogP contribution in [0.2, 0.25) is 0 Å². The number of rotatable bonds is 5. The van der Waals surface area contributed by atoms with Gasteiger partial charge in [-0.2, -0.15) is 0 Å². The number of alkyl carbamates (subject to hydrolysis) is 1. The van der Waals surface area contributed by atoms with Gasteiger partial charge in [-0.15, -0.1) is 0 Å². The second-order valence-electron chi connectivity index (χ2n) is 6.65. The fraction of sp³-hybridized carbons (Fsp3) is 0.500. The van der Waals surface area contributed by atoms with Crippen LogP contribution in [-0.4, -0.2) is 32.1 Å². The summed E-state index contributed by atoms with van der Waals surface area (Å²) in [6.45, 7) is 8.46. The third kappa shape index (κ3) is 6.19. The normalized spacial score (nSPS) is 13.2. The van der Waals surface area contributed by atoms with Crippen LogP contribution in [0.1, 0.15) is 34.6 Å². The molecule has 0 spiro atoms. The lowest BCUT2D eigenvalue weighted by molar-refractivity contribution is -0.122. The van der Waals surface area contributed by atoms with E-state index in [9.17, 15) is 18.0 Å². The van der Waals surface area contributed by atoms with Gasteiger partial charge in [-0.05, 0) is 38.8 Å². The Morgan fingerprint density at radius 2 is 1.62 bits per heavy atom. The summed E-state index contributed by atoms with van der Waals surface area (Å²) < 4.78 is 31.5. The van der Waals surface area contributed by atoms with Gasteiger partial charge in [0.1, 0.15) is 11.6 Å². The number of sulfonamides is 1. The molecule has 134 valence electrons. The summed E-state index contributed by atoms with van der Waals surface area (Å²) in [6.07, 6.45) is -0.784. The van der Waals surface area contributed by atoms with E-state index in [4.69, 9.17) is 4.74 Å². The summed E-state index contributed by atoms with van der Waals surface area (Å²) in [5.74, 6) is -1.15. The molecule has 1 aromatic carbocycles. The van der Waals surface area contributed by atoms with E-state index in [1.807, 2.05) is 4.72 Å². The van der Waals surface area contributed by atoms with Crippen LogP contribution in [-0.2, 0) is 19.6 Å². The number of carbonyl (C=O) groups is 2. The highest BCUT2D eigenvalue weighted by atomic mass is 32.2. The summed E-state index contributed by atoms with van der Waals surface area (Å²) in [5.41, 5.74) is -0.724. The molecule has 0 bridgehead atoms. The van der Waals surface area contributed by atoms with Gasteiger partial charge in [-0.3, -0.25) is 4.79 Å². The second-order valence-corrected chi connectivity index (χ2v) is 8.33. The first-order valence-electron chi connectivity index (χ1n) is 7.53. The van der Waals surface area contributed by atoms with Crippen LogP contribution in [0.25, 0.3) is 0 Å². The monoisotopic (exact) mass is 356 g/mol. The minimum absolute atomic E-state index is 0.0295. The van der Waals surface area contributed by atoms with E-state index in [2.05, 4.69) is 5.32 Å². The zero-order valence-corrected chi connectivity index (χ0v) is 15.3. The molecule has 8 heteroatoms. The molecular formula is C16H24N2O5S. The molecule has 1 aromatic rings. The van der Waals surface area contributed by atoms with Crippen LogP contribution in [0.5, 0.6) is 0 Å². The molecule has 24 heavy (non-hydrogen) atoms. The van der Waals surface area contributed by atoms with Crippen molar-refractivity contribution in [2.24, 2.45) is 5.92 Å². The number of hydrogen-bond donors (Lipinski definition) is 2. The van der Waals surface area contributed by atoms with Gasteiger partial charge < -0.3 is 10.1 Å². The number of amides is 2. The van der Waals surface area contributed by atoms with E-state index in [1.165, 1.54) is 12.1 Å². The highest BCUT2D eigenvalue weighted by Gasteiger charge is 2.30. The van der Waals surface area contributed by atoms with E-state index in [0.29, 0.717) is 0 Å². The fourth-order valence-corrected chi connectivity index (χ4v) is 2.85. The molecule has 0 saturated heterocycles. The Morgan fingerprint density at radius 1 is 1.08 bits per heavy atom. The number of carbonyl (C=O) groups excluding carboxylic acids is 2. The first-order valence-corrected chi connectivity index (χ1v) is 9.02. The molecular weight excluding hydrogens is 332 g/mol. The Kier molecular flexibility index (Phi) is 6.36. The van der Waals surface area contributed by atoms with Crippen molar-refractivity contribution in [2.75, 3.05) is 0 Å². The third-order valence-electron chi connectivity index (χ3n) is 2.91. The number of ether oxygens (including phenoxy) is 1. The van der Waals surface area contributed by atoms with Crippen molar-refractivity contribution in [3.63, 3.8) is 0 Å². The first kappa shape index (κ1) is 20.0. The number of hydrogen-bond acceptors (Lipinski definition) is 5. The molecule has 0 aliphatic carbocycles. The molecule has 0 unspecified atom stereocenters. The Labute approximate surface area is 142 Å². The maximum absolute atomic E-state index is 12.3. The van der Waals surface area contributed by atoms with Crippen molar-refractivity contribution in [3.8, 4) is 0 Å². The van der Waals surface area contributed by atoms with Crippen LogP contribution < -0.4 is 10.0 Å². The second kappa shape index (κ2) is 7.65. The minimum Gasteiger partial charge on any atom is -0.444 e. The summed E-state index contributed by atoms with van der Waals surface area (Å²) in [4.78, 5) is 24.1. The quantitative estimate of drug-likeness (QED) is 0.841. The molecule has 1 rings (SSSR count). The minimum atomic E-state index is -4.00. The SMILES string of the molecule is CC(C)[C@H](NC(=O)OC(C)(C)C)C(=O)NS(=O)(=O)c1ccccc1. The number of benzene rings is 1. The molecule has 1 atom stereocenters. The average Bonchev–Trinajstić information content (AvgIpc) is 2.43. The van der Waals surface area contributed by atoms with Crippen molar-refractivity contribution >= 4 is 22.0 Å². The maximum atomic E-state index is 12.3. The first-order chi connectivity index (χ1) is 10.9. The molecule has 2 N–H and O–H groups in total. The van der Waals surface area contributed by atoms with Gasteiger partial charge in [0, 0.05) is 0 Å². The van der Waals surface area contributed by atoms with Crippen LogP contribution in [0, 0.1) is 5.92 Å². The molecule has 2 amide bonds. The highest BCUT2D eigenvalue weighted by Crippen LogP contribution is 2.11. The van der Waals surface area contributed by atoms with Crippen LogP contribution >= 0.6 is 0 Å². The molecule has 0 fully saturated rings. The Hall–Kier alpha value is -2.09. The van der Waals surface area contributed by atoms with Gasteiger partial charge in [0.05, 0.1) is 4.90 Å². The number of nitrogens with one attached hydrogen (secondary N) is 2. The lowest BCUT2D eigenvalue weighted by atomic mass is 10.0. The molecule has 0 aromatic heterocycles. The predicted molar refractivity (Wildman–Crippen MR) is 89.8 cm³/mol. The molecule has 0 aliphatic heterocycles. The van der Waals surface area contributed by atoms with Crippen LogP contribution in [0.4, 0.5) is 4.79 Å². The topological polar surface area (TPSA) is 102 Å². The molecule has 7 nitrogen and oxygen atoms in total. The van der Waals surface area contributed by atoms with Gasteiger partial charge in [0.25, 0.3) is 15.9 Å². The summed E-state index contributed by atoms with van der Waals surface area (Å²) in [7, 11) is -4.00. The average molecular weight is 356 g/mol. The van der Waals surface area contributed by atoms with E-state index in [0.717, 1.165) is 0 Å². The summed E-state index contributed by atoms with van der Waals surface area (Å²) >= 11 is 0. The van der Waals surface area contributed by atoms with Crippen molar-refractivity contribution in [2.45, 2.75) is 51.2 Å². The fourth-order valence-electron chi connectivity index (χ4n) is 1.82. The van der Waals surface area contributed by atoms with E-state index >= 15 is 0 Å². The maximum Gasteiger partial charge on any atom is 0.408 e. The van der Waals surface area contributed by atoms with Crippen molar-refractivity contribution in [3.05, 3.63) is 30.3 Å². The van der Waals surface area contributed by atoms with Crippen molar-refractivity contribution < 1.29 is 22.7 Å². The molecule has 0 radical (unpaired) electrons. The Balaban J connectivity index is 2.86. The zero-order chi connectivity index (χ0) is 18.5. The predicted octanol–water partition coefficient (Wildman–Crippen LogP) is 2.04. The van der Waals surface area contributed by atoms with Crippen LogP contribution in [0.15, 0.2) is 35.2 Å². The Bertz CT molecular complexity index is 678. The third-order valence-corrected chi connectivity index (χ3v) is 4.27. The summed E-state index contributed by atoms with van der Waals surface area (Å²) in [5, 5.41) is 2.41. The van der Waals surface area contributed by atoms with Gasteiger partial charge in [-0.1, -0.05) is 32.0 Å². The smallest absolute Gasteiger partial charge is 0.408 e. The zero-order valence-electron chi connectivity index (χ0n) is 14.5. The van der Waals surface area contributed by atoms with Gasteiger partial charge >= 0.3 is 6.09 Å². The van der Waals surface area contributed by atoms with Gasteiger partial charge in [0.2, 0.25) is 0 Å². The molecule has 0 heterocycles. The summed E-state index contributed by atoms with van der Waals surface area (Å²) in [6, 6.07) is 6.48. The van der Waals surface area contributed by atoms with E-state index in [-0.39, 0.29) is 10.8 Å². The lowest BCUT2D eigenvalue weighted by Crippen LogP contribution is -2.52. The molecule has 0 saturated carbocycles. The largest absolute Gasteiger partial charge is 0.444 e. The van der Waals surface area contributed by atoms with Gasteiger partial charge in [-0.25, -0.2) is 17.9 Å². The van der Waals surface area contributed by atoms with E-state index < -0.39 is 33.7 Å². The standard InChI is InChI=1S/C16H24N2O5S/c1-11(2)13(17-15(20)23-16(3,4)5)14(19)18-24(21,22)12-9-7-6-8-10-12/h6-11,13H,1-5H3,(H,17,20)(H,18,19)/t13-/m0/s1. The van der Waals surface area contributed by atoms with E-state index in [1.54, 1.807) is 52.8 Å². The van der Waals surface area contributed by atoms with Crippen LogP contribution in [0.3, 0.4) is 0 Å². The van der Waals surface area contributed by atoms with Crippen molar-refractivity contribution in [1.82, 2.24) is 10.0 Å². The molecule has 0 aliphatic rings.